The molecule has 0 saturated heterocycles. The maximum absolute atomic E-state index is 11.0. The average Bonchev–Trinajstić information content (AvgIpc) is 2.38. The van der Waals surface area contributed by atoms with Crippen LogP contribution in [0.15, 0.2) is 18.2 Å². The Labute approximate surface area is 113 Å². The maximum Gasteiger partial charge on any atom is 0.336 e. The number of carboxylic acids is 1. The van der Waals surface area contributed by atoms with Crippen molar-refractivity contribution in [2.75, 3.05) is 6.61 Å². The number of aliphatic hydroxyl groups is 1. The zero-order valence-corrected chi connectivity index (χ0v) is 11.2. The summed E-state index contributed by atoms with van der Waals surface area (Å²) in [5.41, 5.74) is 0.0896. The van der Waals surface area contributed by atoms with Gasteiger partial charge in [0.2, 0.25) is 0 Å². The van der Waals surface area contributed by atoms with Gasteiger partial charge in [0.15, 0.2) is 0 Å². The third-order valence-electron chi connectivity index (χ3n) is 3.80. The monoisotopic (exact) mass is 264 g/mol. The van der Waals surface area contributed by atoms with E-state index in [1.165, 1.54) is 0 Å². The van der Waals surface area contributed by atoms with Crippen LogP contribution in [0.1, 0.15) is 48.0 Å². The van der Waals surface area contributed by atoms with Gasteiger partial charge >= 0.3 is 5.97 Å². The Morgan fingerprint density at radius 2 is 2.00 bits per heavy atom. The number of hydrogen-bond acceptors (Lipinski definition) is 3. The molecule has 1 aliphatic carbocycles. The van der Waals surface area contributed by atoms with Gasteiger partial charge in [-0.05, 0) is 31.9 Å². The van der Waals surface area contributed by atoms with Crippen LogP contribution in [0.4, 0.5) is 0 Å². The predicted octanol–water partition coefficient (Wildman–Crippen LogP) is 2.77. The molecule has 1 aliphatic rings. The van der Waals surface area contributed by atoms with Crippen molar-refractivity contribution >= 4 is 5.97 Å². The first kappa shape index (κ1) is 13.9. The van der Waals surface area contributed by atoms with E-state index in [-0.39, 0.29) is 12.2 Å². The lowest BCUT2D eigenvalue weighted by Gasteiger charge is -2.31. The second kappa shape index (κ2) is 5.61. The summed E-state index contributed by atoms with van der Waals surface area (Å²) in [5.74, 6) is -0.418. The van der Waals surface area contributed by atoms with Gasteiger partial charge in [-0.2, -0.15) is 0 Å². The lowest BCUT2D eigenvalue weighted by molar-refractivity contribution is -0.0340. The van der Waals surface area contributed by atoms with E-state index >= 15 is 0 Å². The van der Waals surface area contributed by atoms with Gasteiger partial charge < -0.3 is 14.9 Å². The molecule has 1 aromatic rings. The van der Waals surface area contributed by atoms with Crippen LogP contribution in [0.25, 0.3) is 0 Å². The lowest BCUT2D eigenvalue weighted by Crippen LogP contribution is -2.38. The molecule has 1 aromatic carbocycles. The molecule has 0 amide bonds. The molecule has 0 aromatic heterocycles. The van der Waals surface area contributed by atoms with Gasteiger partial charge in [0, 0.05) is 5.56 Å². The molecule has 2 rings (SSSR count). The molecule has 1 fully saturated rings. The van der Waals surface area contributed by atoms with Crippen molar-refractivity contribution in [2.45, 2.75) is 44.6 Å². The van der Waals surface area contributed by atoms with Gasteiger partial charge in [0.25, 0.3) is 0 Å². The summed E-state index contributed by atoms with van der Waals surface area (Å²) < 4.78 is 5.66. The van der Waals surface area contributed by atoms with E-state index in [4.69, 9.17) is 9.84 Å². The standard InChI is InChI=1S/C15H20O4/c1-11-12(14(16)17)6-5-7-13(11)19-10-15(18)8-3-2-4-9-15/h5-7,18H,2-4,8-10H2,1H3,(H,16,17). The zero-order valence-electron chi connectivity index (χ0n) is 11.2. The second-order valence-corrected chi connectivity index (χ2v) is 5.31. The van der Waals surface area contributed by atoms with E-state index in [9.17, 15) is 9.90 Å². The number of carboxylic acid groups (broad SMARTS) is 1. The summed E-state index contributed by atoms with van der Waals surface area (Å²) in [4.78, 5) is 11.0. The molecule has 4 heteroatoms. The van der Waals surface area contributed by atoms with Crippen molar-refractivity contribution in [3.05, 3.63) is 29.3 Å². The van der Waals surface area contributed by atoms with Crippen LogP contribution < -0.4 is 4.74 Å². The van der Waals surface area contributed by atoms with Crippen LogP contribution in [-0.2, 0) is 0 Å². The molecule has 0 heterocycles. The van der Waals surface area contributed by atoms with E-state index in [0.29, 0.717) is 11.3 Å². The number of hydrogen-bond donors (Lipinski definition) is 2. The van der Waals surface area contributed by atoms with Crippen molar-refractivity contribution in [3.8, 4) is 5.75 Å². The van der Waals surface area contributed by atoms with Gasteiger partial charge in [-0.25, -0.2) is 4.79 Å². The third kappa shape index (κ3) is 3.26. The van der Waals surface area contributed by atoms with E-state index in [0.717, 1.165) is 32.1 Å². The molecule has 0 atom stereocenters. The largest absolute Gasteiger partial charge is 0.490 e. The van der Waals surface area contributed by atoms with Crippen LogP contribution in [0, 0.1) is 6.92 Å². The summed E-state index contributed by atoms with van der Waals surface area (Å²) >= 11 is 0. The highest BCUT2D eigenvalue weighted by Crippen LogP contribution is 2.30. The molecule has 0 radical (unpaired) electrons. The Balaban J connectivity index is 2.07. The van der Waals surface area contributed by atoms with Crippen LogP contribution in [0.5, 0.6) is 5.75 Å². The normalized spacial score (nSPS) is 18.0. The molecule has 0 aliphatic heterocycles. The molecule has 4 nitrogen and oxygen atoms in total. The SMILES string of the molecule is Cc1c(OCC2(O)CCCCC2)cccc1C(=O)O. The first-order valence-corrected chi connectivity index (χ1v) is 6.70. The molecule has 0 spiro atoms. The third-order valence-corrected chi connectivity index (χ3v) is 3.80. The van der Waals surface area contributed by atoms with Crippen LogP contribution >= 0.6 is 0 Å². The van der Waals surface area contributed by atoms with E-state index in [1.807, 2.05) is 0 Å². The van der Waals surface area contributed by atoms with E-state index in [1.54, 1.807) is 25.1 Å². The first-order valence-electron chi connectivity index (χ1n) is 6.70. The van der Waals surface area contributed by atoms with Gasteiger partial charge in [-0.15, -0.1) is 0 Å². The molecule has 2 N–H and O–H groups in total. The first-order chi connectivity index (χ1) is 9.02. The zero-order chi connectivity index (χ0) is 13.9. The number of benzene rings is 1. The summed E-state index contributed by atoms with van der Waals surface area (Å²) in [6, 6.07) is 4.96. The summed E-state index contributed by atoms with van der Waals surface area (Å²) in [7, 11) is 0. The molecule has 0 bridgehead atoms. The summed E-state index contributed by atoms with van der Waals surface area (Å²) in [6.07, 6.45) is 4.72. The maximum atomic E-state index is 11.0. The van der Waals surface area contributed by atoms with Crippen molar-refractivity contribution in [2.24, 2.45) is 0 Å². The van der Waals surface area contributed by atoms with Crippen LogP contribution in [0.2, 0.25) is 0 Å². The van der Waals surface area contributed by atoms with Crippen LogP contribution in [0.3, 0.4) is 0 Å². The highest BCUT2D eigenvalue weighted by Gasteiger charge is 2.30. The number of ether oxygens (including phenoxy) is 1. The topological polar surface area (TPSA) is 66.8 Å². The average molecular weight is 264 g/mol. The lowest BCUT2D eigenvalue weighted by atomic mass is 9.85. The molecular weight excluding hydrogens is 244 g/mol. The minimum absolute atomic E-state index is 0.233. The number of aromatic carboxylic acids is 1. The molecule has 0 unspecified atom stereocenters. The fourth-order valence-electron chi connectivity index (χ4n) is 2.57. The summed E-state index contributed by atoms with van der Waals surface area (Å²) in [5, 5.41) is 19.4. The smallest absolute Gasteiger partial charge is 0.336 e. The van der Waals surface area contributed by atoms with E-state index < -0.39 is 11.6 Å². The van der Waals surface area contributed by atoms with E-state index in [2.05, 4.69) is 0 Å². The fraction of sp³-hybridized carbons (Fsp3) is 0.533. The van der Waals surface area contributed by atoms with Gasteiger partial charge in [0.1, 0.15) is 12.4 Å². The Morgan fingerprint density at radius 1 is 1.32 bits per heavy atom. The van der Waals surface area contributed by atoms with Gasteiger partial charge in [-0.3, -0.25) is 0 Å². The van der Waals surface area contributed by atoms with Crippen molar-refractivity contribution < 1.29 is 19.7 Å². The molecule has 1 saturated carbocycles. The minimum atomic E-state index is -0.959. The van der Waals surface area contributed by atoms with Gasteiger partial charge in [0.05, 0.1) is 11.2 Å². The fourth-order valence-corrected chi connectivity index (χ4v) is 2.57. The van der Waals surface area contributed by atoms with Crippen molar-refractivity contribution in [3.63, 3.8) is 0 Å². The highest BCUT2D eigenvalue weighted by atomic mass is 16.5. The Bertz CT molecular complexity index is 461. The minimum Gasteiger partial charge on any atom is -0.490 e. The molecular formula is C15H20O4. The molecule has 104 valence electrons. The van der Waals surface area contributed by atoms with Crippen molar-refractivity contribution in [1.82, 2.24) is 0 Å². The second-order valence-electron chi connectivity index (χ2n) is 5.31. The molecule has 19 heavy (non-hydrogen) atoms. The Hall–Kier alpha value is -1.55. The quantitative estimate of drug-likeness (QED) is 0.877. The van der Waals surface area contributed by atoms with Crippen molar-refractivity contribution in [1.29, 1.82) is 0 Å². The van der Waals surface area contributed by atoms with Gasteiger partial charge in [-0.1, -0.05) is 25.3 Å². The Morgan fingerprint density at radius 3 is 2.63 bits per heavy atom. The van der Waals surface area contributed by atoms with Crippen LogP contribution in [-0.4, -0.2) is 28.4 Å². The Kier molecular flexibility index (Phi) is 4.10. The summed E-state index contributed by atoms with van der Waals surface area (Å²) in [6.45, 7) is 1.96. The highest BCUT2D eigenvalue weighted by molar-refractivity contribution is 5.90. The number of carbonyl (C=O) groups is 1. The number of rotatable bonds is 4. The predicted molar refractivity (Wildman–Crippen MR) is 71.7 cm³/mol.